The molecule has 0 amide bonds. The molecule has 0 aliphatic carbocycles. The fourth-order valence-corrected chi connectivity index (χ4v) is 3.84. The number of aldehydes is 1. The van der Waals surface area contributed by atoms with Gasteiger partial charge >= 0.3 is 6.61 Å². The third-order valence-electron chi connectivity index (χ3n) is 5.13. The van der Waals surface area contributed by atoms with Crippen LogP contribution in [0.4, 0.5) is 8.78 Å². The standard InChI is InChI=1S/C21H24F2N2O4/c1-27-18-7-4-8-19(28-2)20(18)17-6-3-5-15(13-26)25(17)12-14-9-10-16(11-24-14)29-21(22)23/h4,7-11,13,15,17,21H,3,5-6,12H2,1-2H3. The molecule has 1 aliphatic rings. The van der Waals surface area contributed by atoms with Gasteiger partial charge in [0.05, 0.1) is 37.7 Å². The van der Waals surface area contributed by atoms with Gasteiger partial charge in [-0.1, -0.05) is 6.07 Å². The lowest BCUT2D eigenvalue weighted by Gasteiger charge is -2.40. The van der Waals surface area contributed by atoms with Crippen LogP contribution in [0.2, 0.25) is 0 Å². The van der Waals surface area contributed by atoms with Gasteiger partial charge < -0.3 is 19.0 Å². The lowest BCUT2D eigenvalue weighted by Crippen LogP contribution is -2.42. The Kier molecular flexibility index (Phi) is 6.98. The highest BCUT2D eigenvalue weighted by Gasteiger charge is 2.35. The van der Waals surface area contributed by atoms with E-state index in [1.807, 2.05) is 18.2 Å². The predicted octanol–water partition coefficient (Wildman–Crippen LogP) is 3.99. The smallest absolute Gasteiger partial charge is 0.387 e. The summed E-state index contributed by atoms with van der Waals surface area (Å²) < 4.78 is 40.2. The van der Waals surface area contributed by atoms with E-state index >= 15 is 0 Å². The highest BCUT2D eigenvalue weighted by Crippen LogP contribution is 2.43. The molecule has 1 saturated heterocycles. The number of alkyl halides is 2. The second kappa shape index (κ2) is 9.65. The summed E-state index contributed by atoms with van der Waals surface area (Å²) in [5, 5.41) is 0. The zero-order valence-electron chi connectivity index (χ0n) is 16.4. The van der Waals surface area contributed by atoms with Gasteiger partial charge in [-0.15, -0.1) is 0 Å². The molecule has 0 bridgehead atoms. The molecule has 0 spiro atoms. The van der Waals surface area contributed by atoms with Crippen molar-refractivity contribution in [2.45, 2.75) is 44.5 Å². The van der Waals surface area contributed by atoms with Gasteiger partial charge in [0.1, 0.15) is 23.5 Å². The van der Waals surface area contributed by atoms with E-state index in [0.717, 1.165) is 31.1 Å². The summed E-state index contributed by atoms with van der Waals surface area (Å²) in [4.78, 5) is 18.1. The Bertz CT molecular complexity index is 795. The van der Waals surface area contributed by atoms with Crippen molar-refractivity contribution in [3.05, 3.63) is 47.8 Å². The van der Waals surface area contributed by atoms with Crippen molar-refractivity contribution in [1.29, 1.82) is 0 Å². The molecule has 2 aromatic rings. The van der Waals surface area contributed by atoms with Gasteiger partial charge in [-0.3, -0.25) is 9.88 Å². The molecule has 3 rings (SSSR count). The summed E-state index contributed by atoms with van der Waals surface area (Å²) in [6.07, 6.45) is 4.67. The monoisotopic (exact) mass is 406 g/mol. The summed E-state index contributed by atoms with van der Waals surface area (Å²) in [6, 6.07) is 8.28. The normalized spacial score (nSPS) is 19.8. The van der Waals surface area contributed by atoms with Crippen LogP contribution in [-0.2, 0) is 11.3 Å². The van der Waals surface area contributed by atoms with Crippen LogP contribution in [-0.4, -0.2) is 43.0 Å². The van der Waals surface area contributed by atoms with Gasteiger partial charge in [-0.05, 0) is 43.5 Å². The molecule has 0 saturated carbocycles. The second-order valence-corrected chi connectivity index (χ2v) is 6.76. The van der Waals surface area contributed by atoms with Crippen LogP contribution >= 0.6 is 0 Å². The number of carbonyl (C=O) groups is 1. The number of hydrogen-bond acceptors (Lipinski definition) is 6. The number of benzene rings is 1. The summed E-state index contributed by atoms with van der Waals surface area (Å²) in [6.45, 7) is -2.52. The van der Waals surface area contributed by atoms with Gasteiger partial charge in [0.25, 0.3) is 0 Å². The van der Waals surface area contributed by atoms with Crippen molar-refractivity contribution in [3.63, 3.8) is 0 Å². The summed E-state index contributed by atoms with van der Waals surface area (Å²) >= 11 is 0. The first kappa shape index (κ1) is 21.0. The Balaban J connectivity index is 1.92. The van der Waals surface area contributed by atoms with Gasteiger partial charge in [0.2, 0.25) is 0 Å². The summed E-state index contributed by atoms with van der Waals surface area (Å²) in [5.74, 6) is 1.39. The van der Waals surface area contributed by atoms with E-state index in [0.29, 0.717) is 23.7 Å². The Morgan fingerprint density at radius 2 is 1.90 bits per heavy atom. The van der Waals surface area contributed by atoms with Crippen LogP contribution < -0.4 is 14.2 Å². The van der Waals surface area contributed by atoms with E-state index < -0.39 is 6.61 Å². The van der Waals surface area contributed by atoms with Crippen molar-refractivity contribution in [2.24, 2.45) is 0 Å². The minimum absolute atomic E-state index is 0.00252. The van der Waals surface area contributed by atoms with E-state index in [-0.39, 0.29) is 17.8 Å². The maximum absolute atomic E-state index is 12.4. The SMILES string of the molecule is COc1cccc(OC)c1C1CCCC(C=O)N1Cc1ccc(OC(F)F)cn1. The topological polar surface area (TPSA) is 60.9 Å². The first-order valence-corrected chi connectivity index (χ1v) is 9.39. The predicted molar refractivity (Wildman–Crippen MR) is 102 cm³/mol. The molecule has 6 nitrogen and oxygen atoms in total. The van der Waals surface area contributed by atoms with Gasteiger partial charge in [0, 0.05) is 12.6 Å². The van der Waals surface area contributed by atoms with Crippen LogP contribution in [0, 0.1) is 0 Å². The second-order valence-electron chi connectivity index (χ2n) is 6.76. The number of aromatic nitrogens is 1. The fraction of sp³-hybridized carbons (Fsp3) is 0.429. The minimum atomic E-state index is -2.90. The molecule has 0 radical (unpaired) electrons. The molecular weight excluding hydrogens is 382 g/mol. The molecule has 2 heterocycles. The lowest BCUT2D eigenvalue weighted by molar-refractivity contribution is -0.115. The zero-order chi connectivity index (χ0) is 20.8. The van der Waals surface area contributed by atoms with E-state index in [1.165, 1.54) is 12.3 Å². The van der Waals surface area contributed by atoms with Crippen molar-refractivity contribution in [1.82, 2.24) is 9.88 Å². The molecule has 2 unspecified atom stereocenters. The van der Waals surface area contributed by atoms with Crippen LogP contribution in [0.15, 0.2) is 36.5 Å². The van der Waals surface area contributed by atoms with E-state index in [2.05, 4.69) is 14.6 Å². The van der Waals surface area contributed by atoms with E-state index in [1.54, 1.807) is 20.3 Å². The molecule has 8 heteroatoms. The average molecular weight is 406 g/mol. The molecule has 1 fully saturated rings. The zero-order valence-corrected chi connectivity index (χ0v) is 16.4. The highest BCUT2D eigenvalue weighted by molar-refractivity contribution is 5.58. The molecule has 2 atom stereocenters. The number of hydrogen-bond donors (Lipinski definition) is 0. The number of rotatable bonds is 8. The van der Waals surface area contributed by atoms with Crippen molar-refractivity contribution < 1.29 is 27.8 Å². The van der Waals surface area contributed by atoms with Gasteiger partial charge in [-0.25, -0.2) is 0 Å². The molecular formula is C21H24F2N2O4. The molecule has 1 aromatic heterocycles. The Morgan fingerprint density at radius 3 is 2.45 bits per heavy atom. The number of piperidine rings is 1. The number of halogens is 2. The molecule has 156 valence electrons. The van der Waals surface area contributed by atoms with Gasteiger partial charge in [-0.2, -0.15) is 8.78 Å². The molecule has 1 aromatic carbocycles. The Morgan fingerprint density at radius 1 is 1.17 bits per heavy atom. The fourth-order valence-electron chi connectivity index (χ4n) is 3.84. The number of ether oxygens (including phenoxy) is 3. The summed E-state index contributed by atoms with van der Waals surface area (Å²) in [5.41, 5.74) is 1.54. The van der Waals surface area contributed by atoms with Crippen LogP contribution in [0.1, 0.15) is 36.6 Å². The van der Waals surface area contributed by atoms with Crippen LogP contribution in [0.25, 0.3) is 0 Å². The number of carbonyl (C=O) groups excluding carboxylic acids is 1. The van der Waals surface area contributed by atoms with E-state index in [4.69, 9.17) is 9.47 Å². The van der Waals surface area contributed by atoms with Crippen molar-refractivity contribution >= 4 is 6.29 Å². The number of methoxy groups -OCH3 is 2. The Hall–Kier alpha value is -2.74. The Labute approximate surface area is 168 Å². The maximum Gasteiger partial charge on any atom is 0.387 e. The number of likely N-dealkylation sites (tertiary alicyclic amines) is 1. The third-order valence-corrected chi connectivity index (χ3v) is 5.13. The quantitative estimate of drug-likeness (QED) is 0.618. The first-order valence-electron chi connectivity index (χ1n) is 9.39. The van der Waals surface area contributed by atoms with Crippen LogP contribution in [0.3, 0.4) is 0 Å². The van der Waals surface area contributed by atoms with Crippen molar-refractivity contribution in [2.75, 3.05) is 14.2 Å². The number of nitrogens with zero attached hydrogens (tertiary/aromatic N) is 2. The van der Waals surface area contributed by atoms with E-state index in [9.17, 15) is 13.6 Å². The molecule has 29 heavy (non-hydrogen) atoms. The summed E-state index contributed by atoms with van der Waals surface area (Å²) in [7, 11) is 3.21. The molecule has 0 N–H and O–H groups in total. The van der Waals surface area contributed by atoms with Gasteiger partial charge in [0.15, 0.2) is 0 Å². The third kappa shape index (κ3) is 4.82. The van der Waals surface area contributed by atoms with Crippen LogP contribution in [0.5, 0.6) is 17.2 Å². The molecule has 1 aliphatic heterocycles. The largest absolute Gasteiger partial charge is 0.496 e. The lowest BCUT2D eigenvalue weighted by atomic mass is 9.90. The first-order chi connectivity index (χ1) is 14.1. The minimum Gasteiger partial charge on any atom is -0.496 e. The maximum atomic E-state index is 12.4. The highest BCUT2D eigenvalue weighted by atomic mass is 19.3. The average Bonchev–Trinajstić information content (AvgIpc) is 2.74. The van der Waals surface area contributed by atoms with Crippen molar-refractivity contribution in [3.8, 4) is 17.2 Å². The number of pyridine rings is 1.